The molecule has 0 saturated carbocycles. The maximum absolute atomic E-state index is 12.2. The van der Waals surface area contributed by atoms with Gasteiger partial charge in [0.2, 0.25) is 5.91 Å². The van der Waals surface area contributed by atoms with E-state index in [1.165, 1.54) is 6.92 Å². The van der Waals surface area contributed by atoms with Crippen molar-refractivity contribution in [2.75, 3.05) is 12.9 Å². The molecule has 0 aromatic heterocycles. The maximum Gasteiger partial charge on any atom is 0.333 e. The van der Waals surface area contributed by atoms with Gasteiger partial charge < -0.3 is 14.8 Å². The van der Waals surface area contributed by atoms with Gasteiger partial charge >= 0.3 is 5.97 Å². The average Bonchev–Trinajstić information content (AvgIpc) is 2.53. The van der Waals surface area contributed by atoms with Crippen molar-refractivity contribution < 1.29 is 31.7 Å². The van der Waals surface area contributed by atoms with Gasteiger partial charge in [-0.3, -0.25) is 8.98 Å². The molecule has 1 rings (SSSR count). The Balaban J connectivity index is 3.25. The second-order valence-corrected chi connectivity index (χ2v) is 7.82. The van der Waals surface area contributed by atoms with Crippen molar-refractivity contribution in [2.45, 2.75) is 71.3 Å². The van der Waals surface area contributed by atoms with Crippen LogP contribution in [0.25, 0.3) is 0 Å². The molecule has 26 heavy (non-hydrogen) atoms. The predicted molar refractivity (Wildman–Crippen MR) is 95.9 cm³/mol. The molecule has 0 aromatic rings. The van der Waals surface area contributed by atoms with E-state index < -0.39 is 34.3 Å². The van der Waals surface area contributed by atoms with Crippen molar-refractivity contribution in [3.63, 3.8) is 0 Å². The lowest BCUT2D eigenvalue weighted by molar-refractivity contribution is -0.139. The van der Waals surface area contributed by atoms with Crippen molar-refractivity contribution >= 4 is 22.0 Å². The fourth-order valence-corrected chi connectivity index (χ4v) is 3.49. The normalized spacial score (nSPS) is 23.5. The highest BCUT2D eigenvalue weighted by atomic mass is 32.2. The summed E-state index contributed by atoms with van der Waals surface area (Å²) < 4.78 is 39.5. The van der Waals surface area contributed by atoms with E-state index >= 15 is 0 Å². The summed E-state index contributed by atoms with van der Waals surface area (Å²) in [6.45, 7) is 7.14. The molecule has 3 atom stereocenters. The first kappa shape index (κ1) is 22.6. The first-order valence-electron chi connectivity index (χ1n) is 8.79. The van der Waals surface area contributed by atoms with Crippen LogP contribution in [0, 0.1) is 0 Å². The summed E-state index contributed by atoms with van der Waals surface area (Å²) in [4.78, 5) is 23.8. The molecule has 1 aliphatic carbocycles. The van der Waals surface area contributed by atoms with Crippen LogP contribution in [0.3, 0.4) is 0 Å². The van der Waals surface area contributed by atoms with Crippen LogP contribution in [0.5, 0.6) is 0 Å². The number of ether oxygens (including phenoxy) is 2. The number of amides is 1. The number of nitrogens with one attached hydrogen (secondary N) is 1. The summed E-state index contributed by atoms with van der Waals surface area (Å²) in [6.07, 6.45) is 2.23. The minimum Gasteiger partial charge on any atom is -0.463 e. The van der Waals surface area contributed by atoms with Gasteiger partial charge in [0, 0.05) is 18.9 Å². The highest BCUT2D eigenvalue weighted by Crippen LogP contribution is 2.27. The Morgan fingerprint density at radius 2 is 1.88 bits per heavy atom. The van der Waals surface area contributed by atoms with Gasteiger partial charge in [0.25, 0.3) is 10.1 Å². The zero-order chi connectivity index (χ0) is 19.9. The number of esters is 1. The van der Waals surface area contributed by atoms with Crippen LogP contribution in [-0.2, 0) is 33.4 Å². The molecule has 0 aromatic carbocycles. The molecule has 150 valence electrons. The van der Waals surface area contributed by atoms with Crippen molar-refractivity contribution in [1.29, 1.82) is 0 Å². The molecule has 1 N–H and O–H groups in total. The Bertz CT molecular complexity index is 625. The van der Waals surface area contributed by atoms with E-state index in [9.17, 15) is 18.0 Å². The minimum absolute atomic E-state index is 0.000370. The molecule has 0 fully saturated rings. The summed E-state index contributed by atoms with van der Waals surface area (Å²) in [5, 5.41) is 2.70. The quantitative estimate of drug-likeness (QED) is 0.466. The van der Waals surface area contributed by atoms with Gasteiger partial charge in [-0.25, -0.2) is 4.79 Å². The van der Waals surface area contributed by atoms with Gasteiger partial charge in [0.05, 0.1) is 31.1 Å². The summed E-state index contributed by atoms with van der Waals surface area (Å²) in [5.74, 6) is -0.891. The van der Waals surface area contributed by atoms with Gasteiger partial charge in [-0.2, -0.15) is 8.42 Å². The van der Waals surface area contributed by atoms with Gasteiger partial charge in [0.15, 0.2) is 0 Å². The van der Waals surface area contributed by atoms with Crippen LogP contribution in [-0.4, -0.2) is 57.5 Å². The zero-order valence-electron chi connectivity index (χ0n) is 16.0. The molecule has 0 heterocycles. The summed E-state index contributed by atoms with van der Waals surface area (Å²) in [6, 6.07) is -0.735. The van der Waals surface area contributed by atoms with Gasteiger partial charge in [-0.05, 0) is 25.8 Å². The summed E-state index contributed by atoms with van der Waals surface area (Å²) in [5.41, 5.74) is 0.276. The topological polar surface area (TPSA) is 108 Å². The number of carbonyl (C=O) groups excluding carboxylic acids is 2. The van der Waals surface area contributed by atoms with Crippen LogP contribution in [0.1, 0.15) is 47.0 Å². The Morgan fingerprint density at radius 1 is 1.27 bits per heavy atom. The van der Waals surface area contributed by atoms with Crippen molar-refractivity contribution in [2.24, 2.45) is 0 Å². The molecule has 0 saturated heterocycles. The van der Waals surface area contributed by atoms with Gasteiger partial charge in [-0.15, -0.1) is 0 Å². The SMILES string of the molecule is CCOC(=O)C1=CC(OC(CC)CC)C(NC(C)=O)C(OS(C)(=O)=O)C1. The Hall–Kier alpha value is -1.45. The van der Waals surface area contributed by atoms with Gasteiger partial charge in [-0.1, -0.05) is 13.8 Å². The molecule has 8 nitrogen and oxygen atoms in total. The molecular weight excluding hydrogens is 362 g/mol. The lowest BCUT2D eigenvalue weighted by Crippen LogP contribution is -2.55. The highest BCUT2D eigenvalue weighted by molar-refractivity contribution is 7.86. The third kappa shape index (κ3) is 7.05. The first-order chi connectivity index (χ1) is 12.1. The van der Waals surface area contributed by atoms with Crippen LogP contribution >= 0.6 is 0 Å². The highest BCUT2D eigenvalue weighted by Gasteiger charge is 2.40. The van der Waals surface area contributed by atoms with Crippen LogP contribution in [0.2, 0.25) is 0 Å². The molecular formula is C17H29NO7S. The van der Waals surface area contributed by atoms with Crippen molar-refractivity contribution in [1.82, 2.24) is 5.32 Å². The van der Waals surface area contributed by atoms with Crippen molar-refractivity contribution in [3.8, 4) is 0 Å². The largest absolute Gasteiger partial charge is 0.463 e. The molecule has 3 unspecified atom stereocenters. The molecule has 0 spiro atoms. The Labute approximate surface area is 155 Å². The third-order valence-corrected chi connectivity index (χ3v) is 4.60. The summed E-state index contributed by atoms with van der Waals surface area (Å²) in [7, 11) is -3.80. The molecule has 9 heteroatoms. The van der Waals surface area contributed by atoms with E-state index in [1.807, 2.05) is 13.8 Å². The fourth-order valence-electron chi connectivity index (χ4n) is 2.86. The smallest absolute Gasteiger partial charge is 0.333 e. The lowest BCUT2D eigenvalue weighted by atomic mass is 9.89. The minimum atomic E-state index is -3.80. The van der Waals surface area contributed by atoms with E-state index in [1.54, 1.807) is 13.0 Å². The number of carbonyl (C=O) groups is 2. The molecule has 0 radical (unpaired) electrons. The van der Waals surface area contributed by atoms with E-state index in [2.05, 4.69) is 5.32 Å². The second kappa shape index (κ2) is 10.0. The van der Waals surface area contributed by atoms with Crippen molar-refractivity contribution in [3.05, 3.63) is 11.6 Å². The van der Waals surface area contributed by atoms with Crippen LogP contribution in [0.15, 0.2) is 11.6 Å². The average molecular weight is 391 g/mol. The standard InChI is InChI=1S/C17H29NO7S/c1-6-13(7-2)24-14-9-12(17(20)23-8-3)10-15(25-26(5,21)22)16(14)18-11(4)19/h9,13-16H,6-8,10H2,1-5H3,(H,18,19). The third-order valence-electron chi connectivity index (χ3n) is 4.01. The molecule has 1 amide bonds. The lowest BCUT2D eigenvalue weighted by Gasteiger charge is -2.37. The van der Waals surface area contributed by atoms with E-state index in [-0.39, 0.29) is 30.6 Å². The zero-order valence-corrected chi connectivity index (χ0v) is 16.8. The molecule has 1 aliphatic rings. The monoisotopic (exact) mass is 391 g/mol. The Morgan fingerprint density at radius 3 is 2.35 bits per heavy atom. The second-order valence-electron chi connectivity index (χ2n) is 6.22. The van der Waals surface area contributed by atoms with E-state index in [0.717, 1.165) is 19.1 Å². The maximum atomic E-state index is 12.2. The number of rotatable bonds is 9. The molecule has 0 aliphatic heterocycles. The number of hydrogen-bond donors (Lipinski definition) is 1. The fraction of sp³-hybridized carbons (Fsp3) is 0.765. The van der Waals surface area contributed by atoms with E-state index in [4.69, 9.17) is 13.7 Å². The predicted octanol–water partition coefficient (Wildman–Crippen LogP) is 1.30. The first-order valence-corrected chi connectivity index (χ1v) is 10.6. The summed E-state index contributed by atoms with van der Waals surface area (Å²) >= 11 is 0. The van der Waals surface area contributed by atoms with Gasteiger partial charge in [0.1, 0.15) is 6.10 Å². The Kier molecular flexibility index (Phi) is 8.72. The van der Waals surface area contributed by atoms with Crippen LogP contribution in [0.4, 0.5) is 0 Å². The molecule has 0 bridgehead atoms. The van der Waals surface area contributed by atoms with Crippen LogP contribution < -0.4 is 5.32 Å². The number of hydrogen-bond acceptors (Lipinski definition) is 7. The van der Waals surface area contributed by atoms with E-state index in [0.29, 0.717) is 0 Å².